The Kier molecular flexibility index (Phi) is 9.42. The number of carbonyl (C=O) groups excluding carboxylic acids is 1. The highest BCUT2D eigenvalue weighted by Crippen LogP contribution is 2.32. The van der Waals surface area contributed by atoms with Gasteiger partial charge in [0.15, 0.2) is 18.9 Å². The summed E-state index contributed by atoms with van der Waals surface area (Å²) in [6, 6.07) is -1.35. The third kappa shape index (κ3) is 5.93. The molecule has 0 radical (unpaired) electrons. The van der Waals surface area contributed by atoms with Gasteiger partial charge >= 0.3 is 0 Å². The van der Waals surface area contributed by atoms with Crippen LogP contribution >= 0.6 is 0 Å². The van der Waals surface area contributed by atoms with Crippen molar-refractivity contribution in [2.24, 2.45) is 0 Å². The molecule has 0 bridgehead atoms. The van der Waals surface area contributed by atoms with Gasteiger partial charge in [0, 0.05) is 6.92 Å². The number of hydrogen-bond acceptors (Lipinski definition) is 14. The van der Waals surface area contributed by atoms with Crippen LogP contribution in [0.15, 0.2) is 0 Å². The first-order valence-corrected chi connectivity index (χ1v) is 11.3. The molecule has 3 fully saturated rings. The minimum absolute atomic E-state index is 0.602. The maximum Gasteiger partial charge on any atom is 0.217 e. The van der Waals surface area contributed by atoms with Gasteiger partial charge in [0.2, 0.25) is 5.91 Å². The van der Waals surface area contributed by atoms with Crippen LogP contribution in [0, 0.1) is 0 Å². The Morgan fingerprint density at radius 3 is 1.94 bits per heavy atom. The highest BCUT2D eigenvalue weighted by Gasteiger charge is 2.53. The monoisotopic (exact) mass is 513 g/mol. The number of nitrogens with one attached hydrogen (secondary N) is 1. The molecule has 0 saturated carbocycles. The first kappa shape index (κ1) is 28.5. The lowest BCUT2D eigenvalue weighted by molar-refractivity contribution is -0.377. The van der Waals surface area contributed by atoms with Crippen LogP contribution in [0.25, 0.3) is 0 Å². The number of aliphatic hydroxyl groups is 8. The number of carbonyl (C=O) groups is 1. The molecule has 15 heteroatoms. The average molecular weight is 513 g/mol. The van der Waals surface area contributed by atoms with Gasteiger partial charge in [-0.3, -0.25) is 4.79 Å². The van der Waals surface area contributed by atoms with E-state index < -0.39 is 105 Å². The predicted octanol–water partition coefficient (Wildman–Crippen LogP) is -5.37. The molecule has 15 nitrogen and oxygen atoms in total. The van der Waals surface area contributed by atoms with E-state index in [1.54, 1.807) is 0 Å². The molecule has 0 spiro atoms. The maximum absolute atomic E-state index is 11.7. The van der Waals surface area contributed by atoms with Crippen molar-refractivity contribution in [2.75, 3.05) is 6.61 Å². The van der Waals surface area contributed by atoms with Crippen molar-refractivity contribution in [3.63, 3.8) is 0 Å². The van der Waals surface area contributed by atoms with Crippen molar-refractivity contribution in [2.45, 2.75) is 113 Å². The summed E-state index contributed by atoms with van der Waals surface area (Å²) in [7, 11) is 0. The topological polar surface area (TPSA) is 237 Å². The second-order valence-electron chi connectivity index (χ2n) is 9.04. The smallest absolute Gasteiger partial charge is 0.217 e. The summed E-state index contributed by atoms with van der Waals surface area (Å²) >= 11 is 0. The van der Waals surface area contributed by atoms with E-state index in [1.165, 1.54) is 13.8 Å². The lowest BCUT2D eigenvalue weighted by Gasteiger charge is -2.48. The van der Waals surface area contributed by atoms with Crippen LogP contribution in [0.3, 0.4) is 0 Å². The third-order valence-electron chi connectivity index (χ3n) is 6.42. The molecule has 0 aliphatic carbocycles. The van der Waals surface area contributed by atoms with Gasteiger partial charge in [0.25, 0.3) is 0 Å². The van der Waals surface area contributed by atoms with Crippen molar-refractivity contribution < 1.29 is 69.3 Å². The number of rotatable bonds is 6. The van der Waals surface area contributed by atoms with Crippen molar-refractivity contribution in [1.29, 1.82) is 0 Å². The summed E-state index contributed by atoms with van der Waals surface area (Å²) in [6.07, 6.45) is -20.6. The molecule has 0 aromatic rings. The SMILES string of the molecule is CC(=O)N[C@H]1[C@@H](O[C@H]2[C@@H](O)[C@@H](C)OC(O)[C@@H]2O[C@@H]2O[C@@H](C)[C@@H](O)[C@@H](O)[C@@H]2O)O[C@H](CO)[C@H](O)[C@@H]1O. The number of aliphatic hydroxyl groups excluding tert-OH is 8. The molecule has 35 heavy (non-hydrogen) atoms. The van der Waals surface area contributed by atoms with Crippen LogP contribution < -0.4 is 5.32 Å². The molecule has 0 aromatic carbocycles. The molecule has 204 valence electrons. The molecule has 1 amide bonds. The van der Waals surface area contributed by atoms with Gasteiger partial charge in [0.1, 0.15) is 61.0 Å². The van der Waals surface area contributed by atoms with Gasteiger partial charge in [-0.25, -0.2) is 0 Å². The summed E-state index contributed by atoms with van der Waals surface area (Å²) < 4.78 is 27.6. The van der Waals surface area contributed by atoms with Gasteiger partial charge < -0.3 is 69.9 Å². The molecule has 9 N–H and O–H groups in total. The number of hydrogen-bond donors (Lipinski definition) is 9. The van der Waals surface area contributed by atoms with E-state index >= 15 is 0 Å². The first-order valence-electron chi connectivity index (χ1n) is 11.3. The summed E-state index contributed by atoms with van der Waals surface area (Å²) in [5, 5.41) is 84.1. The van der Waals surface area contributed by atoms with Crippen LogP contribution in [0.5, 0.6) is 0 Å². The van der Waals surface area contributed by atoms with Crippen molar-refractivity contribution >= 4 is 5.91 Å². The van der Waals surface area contributed by atoms with Crippen molar-refractivity contribution in [1.82, 2.24) is 5.32 Å². The second kappa shape index (κ2) is 11.6. The Hall–Kier alpha value is -1.05. The third-order valence-corrected chi connectivity index (χ3v) is 6.42. The minimum atomic E-state index is -1.74. The first-order chi connectivity index (χ1) is 16.4. The molecule has 1 unspecified atom stereocenters. The zero-order valence-corrected chi connectivity index (χ0v) is 19.4. The molecule has 3 rings (SSSR count). The van der Waals surface area contributed by atoms with Gasteiger partial charge in [-0.1, -0.05) is 0 Å². The largest absolute Gasteiger partial charge is 0.394 e. The number of ether oxygens (including phenoxy) is 5. The second-order valence-corrected chi connectivity index (χ2v) is 9.04. The Morgan fingerprint density at radius 1 is 0.743 bits per heavy atom. The standard InChI is InChI=1S/C20H35NO14/c1-5-10(24)14(28)15(29)20(32-5)35-17-16(11(25)6(2)31-18(17)30)34-19-9(21-7(3)23)13(27)12(26)8(4-22)33-19/h5-6,8-20,22,24-30H,4H2,1-3H3,(H,21,23)/t5-,6+,8+,9+,10+,11-,12-,13+,14+,15-,16-,17+,18?,19+,20-/m0/s1. The summed E-state index contributed by atoms with van der Waals surface area (Å²) in [5.41, 5.74) is 0. The molecule has 3 heterocycles. The van der Waals surface area contributed by atoms with Crippen LogP contribution in [0.2, 0.25) is 0 Å². The Bertz CT molecular complexity index is 715. The maximum atomic E-state index is 11.7. The van der Waals surface area contributed by atoms with Gasteiger partial charge in [-0.2, -0.15) is 0 Å². The fraction of sp³-hybridized carbons (Fsp3) is 0.950. The quantitative estimate of drug-likeness (QED) is 0.161. The molecular weight excluding hydrogens is 478 g/mol. The lowest BCUT2D eigenvalue weighted by Crippen LogP contribution is -2.68. The highest BCUT2D eigenvalue weighted by molar-refractivity contribution is 5.73. The Labute approximate surface area is 200 Å². The van der Waals surface area contributed by atoms with Crippen molar-refractivity contribution in [3.05, 3.63) is 0 Å². The molecule has 15 atom stereocenters. The lowest BCUT2D eigenvalue weighted by atomic mass is 9.95. The summed E-state index contributed by atoms with van der Waals surface area (Å²) in [5.74, 6) is -0.602. The molecular formula is C20H35NO14. The van der Waals surface area contributed by atoms with E-state index in [0.29, 0.717) is 0 Å². The van der Waals surface area contributed by atoms with Crippen LogP contribution in [-0.2, 0) is 28.5 Å². The Morgan fingerprint density at radius 2 is 1.34 bits per heavy atom. The molecule has 3 saturated heterocycles. The van der Waals surface area contributed by atoms with Gasteiger partial charge in [0.05, 0.1) is 18.8 Å². The van der Waals surface area contributed by atoms with Gasteiger partial charge in [-0.05, 0) is 13.8 Å². The molecule has 3 aliphatic heterocycles. The average Bonchev–Trinajstić information content (AvgIpc) is 2.80. The Balaban J connectivity index is 1.86. The molecule has 0 aromatic heterocycles. The fourth-order valence-corrected chi connectivity index (χ4v) is 4.33. The van der Waals surface area contributed by atoms with E-state index in [2.05, 4.69) is 5.32 Å². The van der Waals surface area contributed by atoms with Crippen LogP contribution in [0.1, 0.15) is 20.8 Å². The fourth-order valence-electron chi connectivity index (χ4n) is 4.33. The van der Waals surface area contributed by atoms with E-state index in [1.807, 2.05) is 0 Å². The van der Waals surface area contributed by atoms with E-state index in [4.69, 9.17) is 23.7 Å². The van der Waals surface area contributed by atoms with Crippen molar-refractivity contribution in [3.8, 4) is 0 Å². The zero-order valence-electron chi connectivity index (χ0n) is 19.4. The highest BCUT2D eigenvalue weighted by atomic mass is 16.8. The van der Waals surface area contributed by atoms with E-state index in [9.17, 15) is 45.6 Å². The summed E-state index contributed by atoms with van der Waals surface area (Å²) in [4.78, 5) is 11.7. The van der Waals surface area contributed by atoms with E-state index in [-0.39, 0.29) is 0 Å². The predicted molar refractivity (Wildman–Crippen MR) is 110 cm³/mol. The van der Waals surface area contributed by atoms with Crippen LogP contribution in [-0.4, -0.2) is 145 Å². The summed E-state index contributed by atoms with van der Waals surface area (Å²) in [6.45, 7) is 3.29. The van der Waals surface area contributed by atoms with E-state index in [0.717, 1.165) is 6.92 Å². The normalized spacial score (nSPS) is 51.1. The minimum Gasteiger partial charge on any atom is -0.394 e. The van der Waals surface area contributed by atoms with Gasteiger partial charge in [-0.15, -0.1) is 0 Å². The molecule has 3 aliphatic rings. The number of amides is 1. The van der Waals surface area contributed by atoms with Crippen LogP contribution in [0.4, 0.5) is 0 Å². The zero-order chi connectivity index (χ0) is 26.2.